The van der Waals surface area contributed by atoms with Crippen LogP contribution in [-0.2, 0) is 11.2 Å². The van der Waals surface area contributed by atoms with E-state index in [0.717, 1.165) is 23.7 Å². The zero-order valence-corrected chi connectivity index (χ0v) is 11.1. The monoisotopic (exact) mass is 253 g/mol. The summed E-state index contributed by atoms with van der Waals surface area (Å²) in [6, 6.07) is -0.185. The second-order valence-electron chi connectivity index (χ2n) is 3.82. The van der Waals surface area contributed by atoms with Crippen LogP contribution in [0.25, 0.3) is 0 Å². The van der Waals surface area contributed by atoms with Crippen LogP contribution in [0.15, 0.2) is 18.0 Å². The normalized spacial score (nSPS) is 12.1. The Morgan fingerprint density at radius 3 is 3.06 bits per heavy atom. The van der Waals surface area contributed by atoms with E-state index in [1.165, 1.54) is 0 Å². The average molecular weight is 253 g/mol. The van der Waals surface area contributed by atoms with Crippen LogP contribution in [-0.4, -0.2) is 30.0 Å². The first-order valence-corrected chi connectivity index (χ1v) is 6.54. The van der Waals surface area contributed by atoms with E-state index in [1.807, 2.05) is 13.8 Å². The maximum atomic E-state index is 11.5. The summed E-state index contributed by atoms with van der Waals surface area (Å²) in [5.74, 6) is -0.000594. The molecule has 0 saturated heterocycles. The van der Waals surface area contributed by atoms with Crippen molar-refractivity contribution >= 4 is 17.2 Å². The number of aromatic nitrogens is 1. The molecule has 0 saturated carbocycles. The van der Waals surface area contributed by atoms with E-state index in [1.54, 1.807) is 17.4 Å². The summed E-state index contributed by atoms with van der Waals surface area (Å²) in [5, 5.41) is 9.05. The molecule has 0 spiro atoms. The van der Waals surface area contributed by atoms with Gasteiger partial charge in [0.2, 0.25) is 5.91 Å². The van der Waals surface area contributed by atoms with E-state index in [4.69, 9.17) is 0 Å². The van der Waals surface area contributed by atoms with Gasteiger partial charge in [-0.15, -0.1) is 17.9 Å². The zero-order valence-electron chi connectivity index (χ0n) is 10.3. The van der Waals surface area contributed by atoms with Crippen LogP contribution in [0, 0.1) is 6.92 Å². The molecular formula is C12H19N3OS. The van der Waals surface area contributed by atoms with Gasteiger partial charge in [0.15, 0.2) is 0 Å². The fourth-order valence-electron chi connectivity index (χ4n) is 1.36. The summed E-state index contributed by atoms with van der Waals surface area (Å²) in [5.41, 5.74) is 1.08. The van der Waals surface area contributed by atoms with Gasteiger partial charge in [-0.05, 0) is 13.8 Å². The summed E-state index contributed by atoms with van der Waals surface area (Å²) >= 11 is 1.65. The van der Waals surface area contributed by atoms with Crippen molar-refractivity contribution < 1.29 is 4.79 Å². The van der Waals surface area contributed by atoms with Crippen molar-refractivity contribution in [1.29, 1.82) is 0 Å². The van der Waals surface area contributed by atoms with Crippen molar-refractivity contribution in [3.8, 4) is 0 Å². The highest BCUT2D eigenvalue weighted by Gasteiger charge is 2.10. The van der Waals surface area contributed by atoms with E-state index >= 15 is 0 Å². The number of nitrogens with zero attached hydrogens (tertiary/aromatic N) is 1. The molecule has 0 aromatic carbocycles. The highest BCUT2D eigenvalue weighted by molar-refractivity contribution is 7.09. The Labute approximate surface area is 106 Å². The van der Waals surface area contributed by atoms with Crippen molar-refractivity contribution in [2.45, 2.75) is 26.3 Å². The number of amides is 1. The summed E-state index contributed by atoms with van der Waals surface area (Å²) in [4.78, 5) is 15.9. The average Bonchev–Trinajstić information content (AvgIpc) is 2.71. The Balaban J connectivity index is 2.21. The van der Waals surface area contributed by atoms with Gasteiger partial charge in [-0.3, -0.25) is 4.79 Å². The van der Waals surface area contributed by atoms with Crippen LogP contribution < -0.4 is 10.6 Å². The minimum Gasteiger partial charge on any atom is -0.351 e. The summed E-state index contributed by atoms with van der Waals surface area (Å²) < 4.78 is 0. The fraction of sp³-hybridized carbons (Fsp3) is 0.500. The van der Waals surface area contributed by atoms with Crippen molar-refractivity contribution in [3.05, 3.63) is 28.7 Å². The van der Waals surface area contributed by atoms with Crippen molar-refractivity contribution in [2.75, 3.05) is 13.1 Å². The molecule has 2 N–H and O–H groups in total. The number of rotatable bonds is 7. The highest BCUT2D eigenvalue weighted by atomic mass is 32.1. The van der Waals surface area contributed by atoms with Gasteiger partial charge >= 0.3 is 0 Å². The molecule has 0 radical (unpaired) electrons. The summed E-state index contributed by atoms with van der Waals surface area (Å²) in [6.45, 7) is 8.66. The molecular weight excluding hydrogens is 234 g/mol. The van der Waals surface area contributed by atoms with Gasteiger partial charge in [-0.2, -0.15) is 0 Å². The molecule has 1 atom stereocenters. The Kier molecular flexibility index (Phi) is 5.86. The molecule has 1 heterocycles. The molecule has 94 valence electrons. The molecule has 1 aromatic heterocycles. The standard InChI is InChI=1S/C12H19N3OS/c1-4-6-14-12(16)9(2)13-7-5-11-8-17-10(3)15-11/h4,8-9,13H,1,5-7H2,2-3H3,(H,14,16). The van der Waals surface area contributed by atoms with Crippen molar-refractivity contribution in [2.24, 2.45) is 0 Å². The number of nitrogens with one attached hydrogen (secondary N) is 2. The Morgan fingerprint density at radius 1 is 1.71 bits per heavy atom. The first kappa shape index (κ1) is 13.9. The molecule has 4 nitrogen and oxygen atoms in total. The Hall–Kier alpha value is -1.20. The third kappa shape index (κ3) is 5.10. The van der Waals surface area contributed by atoms with Crippen LogP contribution in [0.1, 0.15) is 17.6 Å². The number of carbonyl (C=O) groups is 1. The maximum Gasteiger partial charge on any atom is 0.237 e. The lowest BCUT2D eigenvalue weighted by Gasteiger charge is -2.12. The van der Waals surface area contributed by atoms with Crippen molar-refractivity contribution in [3.63, 3.8) is 0 Å². The minimum absolute atomic E-state index is 0.000594. The van der Waals surface area contributed by atoms with Crippen molar-refractivity contribution in [1.82, 2.24) is 15.6 Å². The number of hydrogen-bond acceptors (Lipinski definition) is 4. The number of aryl methyl sites for hydroxylation is 1. The molecule has 0 aliphatic rings. The molecule has 1 amide bonds. The molecule has 0 aliphatic carbocycles. The van der Waals surface area contributed by atoms with E-state index < -0.39 is 0 Å². The third-order valence-corrected chi connectivity index (χ3v) is 3.13. The minimum atomic E-state index is -0.185. The maximum absolute atomic E-state index is 11.5. The predicted octanol–water partition coefficient (Wildman–Crippen LogP) is 1.27. The van der Waals surface area contributed by atoms with E-state index in [0.29, 0.717) is 6.54 Å². The van der Waals surface area contributed by atoms with Gasteiger partial charge < -0.3 is 10.6 Å². The summed E-state index contributed by atoms with van der Waals surface area (Å²) in [7, 11) is 0. The molecule has 0 aliphatic heterocycles. The topological polar surface area (TPSA) is 54.0 Å². The predicted molar refractivity (Wildman–Crippen MR) is 71.2 cm³/mol. The van der Waals surface area contributed by atoms with Gasteiger partial charge in [-0.25, -0.2) is 4.98 Å². The largest absolute Gasteiger partial charge is 0.351 e. The number of carbonyl (C=O) groups excluding carboxylic acids is 1. The highest BCUT2D eigenvalue weighted by Crippen LogP contribution is 2.07. The molecule has 1 aromatic rings. The number of thiazole rings is 1. The van der Waals surface area contributed by atoms with Gasteiger partial charge in [0.1, 0.15) is 0 Å². The second-order valence-corrected chi connectivity index (χ2v) is 4.88. The molecule has 5 heteroatoms. The van der Waals surface area contributed by atoms with Crippen LogP contribution in [0.2, 0.25) is 0 Å². The van der Waals surface area contributed by atoms with E-state index in [9.17, 15) is 4.79 Å². The van der Waals surface area contributed by atoms with E-state index in [-0.39, 0.29) is 11.9 Å². The van der Waals surface area contributed by atoms with E-state index in [2.05, 4.69) is 27.6 Å². The van der Waals surface area contributed by atoms with Crippen LogP contribution in [0.4, 0.5) is 0 Å². The van der Waals surface area contributed by atoms with Gasteiger partial charge in [0.05, 0.1) is 16.7 Å². The van der Waals surface area contributed by atoms with Crippen LogP contribution in [0.5, 0.6) is 0 Å². The fourth-order valence-corrected chi connectivity index (χ4v) is 2.01. The first-order chi connectivity index (χ1) is 8.13. The zero-order chi connectivity index (χ0) is 12.7. The molecule has 17 heavy (non-hydrogen) atoms. The van der Waals surface area contributed by atoms with Gasteiger partial charge in [0, 0.05) is 24.9 Å². The quantitative estimate of drug-likeness (QED) is 0.720. The van der Waals surface area contributed by atoms with Gasteiger partial charge in [0.25, 0.3) is 0 Å². The lowest BCUT2D eigenvalue weighted by molar-refractivity contribution is -0.122. The third-order valence-electron chi connectivity index (χ3n) is 2.31. The molecule has 0 bridgehead atoms. The molecule has 0 fully saturated rings. The second kappa shape index (κ2) is 7.19. The molecule has 1 unspecified atom stereocenters. The Morgan fingerprint density at radius 2 is 2.47 bits per heavy atom. The lowest BCUT2D eigenvalue weighted by atomic mass is 10.2. The van der Waals surface area contributed by atoms with Crippen LogP contribution >= 0.6 is 11.3 Å². The summed E-state index contributed by atoms with van der Waals surface area (Å²) in [6.07, 6.45) is 2.52. The van der Waals surface area contributed by atoms with Gasteiger partial charge in [-0.1, -0.05) is 6.08 Å². The lowest BCUT2D eigenvalue weighted by Crippen LogP contribution is -2.42. The Bertz CT molecular complexity index is 376. The smallest absolute Gasteiger partial charge is 0.237 e. The van der Waals surface area contributed by atoms with Crippen LogP contribution in [0.3, 0.4) is 0 Å². The first-order valence-electron chi connectivity index (χ1n) is 5.66. The SMILES string of the molecule is C=CCNC(=O)C(C)NCCc1csc(C)n1. The molecule has 1 rings (SSSR count). The number of hydrogen-bond donors (Lipinski definition) is 2.